The molecule has 2 aromatic carbocycles. The number of rotatable bonds is 4. The van der Waals surface area contributed by atoms with E-state index in [4.69, 9.17) is 20.8 Å². The molecule has 1 aromatic heterocycles. The molecule has 0 atom stereocenters. The minimum absolute atomic E-state index is 0.0696. The van der Waals surface area contributed by atoms with Crippen molar-refractivity contribution in [1.82, 2.24) is 0 Å². The molecule has 1 amide bonds. The third kappa shape index (κ3) is 3.26. The first-order valence-corrected chi connectivity index (χ1v) is 7.46. The summed E-state index contributed by atoms with van der Waals surface area (Å²) in [6, 6.07) is 14.1. The maximum absolute atomic E-state index is 13.8. The summed E-state index contributed by atoms with van der Waals surface area (Å²) < 4.78 is 24.3. The number of amides is 1. The summed E-state index contributed by atoms with van der Waals surface area (Å²) >= 11 is 6.02. The molecule has 0 fully saturated rings. The van der Waals surface area contributed by atoms with Gasteiger partial charge in [-0.25, -0.2) is 4.39 Å². The van der Waals surface area contributed by atoms with Crippen LogP contribution >= 0.6 is 11.6 Å². The predicted molar refractivity (Wildman–Crippen MR) is 90.1 cm³/mol. The summed E-state index contributed by atoms with van der Waals surface area (Å²) in [5.41, 5.74) is 0.790. The molecule has 0 aliphatic rings. The van der Waals surface area contributed by atoms with E-state index >= 15 is 0 Å². The van der Waals surface area contributed by atoms with Gasteiger partial charge in [0.25, 0.3) is 5.91 Å². The fraction of sp³-hybridized carbons (Fsp3) is 0.0556. The van der Waals surface area contributed by atoms with Crippen molar-refractivity contribution < 1.29 is 18.3 Å². The monoisotopic (exact) mass is 345 g/mol. The molecule has 0 bridgehead atoms. The van der Waals surface area contributed by atoms with Gasteiger partial charge in [0, 0.05) is 5.69 Å². The van der Waals surface area contributed by atoms with Crippen molar-refractivity contribution in [3.05, 3.63) is 71.2 Å². The Morgan fingerprint density at radius 3 is 2.67 bits per heavy atom. The lowest BCUT2D eigenvalue weighted by molar-refractivity contribution is 0.0997. The quantitative estimate of drug-likeness (QED) is 0.724. The second kappa shape index (κ2) is 6.76. The van der Waals surface area contributed by atoms with Crippen molar-refractivity contribution in [3.63, 3.8) is 0 Å². The molecule has 0 saturated carbocycles. The van der Waals surface area contributed by atoms with E-state index < -0.39 is 11.7 Å². The van der Waals surface area contributed by atoms with E-state index in [1.54, 1.807) is 42.5 Å². The van der Waals surface area contributed by atoms with Crippen LogP contribution in [0.1, 0.15) is 10.6 Å². The molecule has 0 saturated heterocycles. The molecule has 1 heterocycles. The maximum Gasteiger partial charge on any atom is 0.291 e. The molecule has 0 radical (unpaired) electrons. The van der Waals surface area contributed by atoms with Crippen molar-refractivity contribution in [2.45, 2.75) is 0 Å². The van der Waals surface area contributed by atoms with Gasteiger partial charge in [0.05, 0.1) is 17.7 Å². The van der Waals surface area contributed by atoms with Gasteiger partial charge in [-0.05, 0) is 42.5 Å². The molecule has 122 valence electrons. The Labute approximate surface area is 142 Å². The summed E-state index contributed by atoms with van der Waals surface area (Å²) in [7, 11) is 1.51. The first kappa shape index (κ1) is 16.1. The molecule has 0 spiro atoms. The van der Waals surface area contributed by atoms with Crippen LogP contribution in [0.25, 0.3) is 11.3 Å². The second-order valence-electron chi connectivity index (χ2n) is 4.95. The number of methoxy groups -OCH3 is 1. The highest BCUT2D eigenvalue weighted by molar-refractivity contribution is 6.32. The van der Waals surface area contributed by atoms with E-state index in [1.807, 2.05) is 0 Å². The highest BCUT2D eigenvalue weighted by Crippen LogP contribution is 2.28. The Morgan fingerprint density at radius 2 is 1.96 bits per heavy atom. The zero-order valence-corrected chi connectivity index (χ0v) is 13.4. The molecule has 4 nitrogen and oxygen atoms in total. The number of anilines is 1. The van der Waals surface area contributed by atoms with Gasteiger partial charge >= 0.3 is 0 Å². The van der Waals surface area contributed by atoms with E-state index in [0.29, 0.717) is 22.0 Å². The van der Waals surface area contributed by atoms with Gasteiger partial charge < -0.3 is 14.5 Å². The third-order valence-corrected chi connectivity index (χ3v) is 3.67. The summed E-state index contributed by atoms with van der Waals surface area (Å²) in [5.74, 6) is -0.0136. The average Bonchev–Trinajstić information content (AvgIpc) is 3.05. The smallest absolute Gasteiger partial charge is 0.291 e. The van der Waals surface area contributed by atoms with E-state index in [2.05, 4.69) is 5.32 Å². The third-order valence-electron chi connectivity index (χ3n) is 3.38. The Balaban J connectivity index is 1.79. The second-order valence-corrected chi connectivity index (χ2v) is 5.35. The fourth-order valence-electron chi connectivity index (χ4n) is 2.20. The maximum atomic E-state index is 13.8. The Hall–Kier alpha value is -2.79. The Kier molecular flexibility index (Phi) is 4.53. The summed E-state index contributed by atoms with van der Waals surface area (Å²) in [5, 5.41) is 3.04. The van der Waals surface area contributed by atoms with Crippen molar-refractivity contribution in [2.75, 3.05) is 12.4 Å². The lowest BCUT2D eigenvalue weighted by atomic mass is 10.1. The number of carbonyl (C=O) groups is 1. The van der Waals surface area contributed by atoms with E-state index in [0.717, 1.165) is 0 Å². The minimum atomic E-state index is -0.459. The van der Waals surface area contributed by atoms with Crippen LogP contribution in [0.5, 0.6) is 5.75 Å². The normalized spacial score (nSPS) is 10.5. The average molecular weight is 346 g/mol. The van der Waals surface area contributed by atoms with Crippen LogP contribution in [-0.2, 0) is 0 Å². The molecule has 1 N–H and O–H groups in total. The summed E-state index contributed by atoms with van der Waals surface area (Å²) in [4.78, 5) is 12.2. The number of hydrogen-bond acceptors (Lipinski definition) is 3. The molecule has 3 rings (SSSR count). The van der Waals surface area contributed by atoms with Crippen LogP contribution in [0.4, 0.5) is 10.1 Å². The van der Waals surface area contributed by atoms with E-state index in [-0.39, 0.29) is 11.5 Å². The molecule has 0 aliphatic heterocycles. The van der Waals surface area contributed by atoms with Gasteiger partial charge in [-0.1, -0.05) is 23.7 Å². The highest BCUT2D eigenvalue weighted by atomic mass is 35.5. The molecular weight excluding hydrogens is 333 g/mol. The lowest BCUT2D eigenvalue weighted by Gasteiger charge is -2.07. The minimum Gasteiger partial charge on any atom is -0.495 e. The number of nitrogens with one attached hydrogen (secondary N) is 1. The zero-order chi connectivity index (χ0) is 17.1. The van der Waals surface area contributed by atoms with Gasteiger partial charge in [-0.2, -0.15) is 0 Å². The standard InChI is InChI=1S/C18H13ClFNO3/c1-23-16-7-6-11(10-13(16)19)21-18(22)17-9-8-15(24-17)12-4-2-3-5-14(12)20/h2-10H,1H3,(H,21,22). The number of carbonyl (C=O) groups excluding carboxylic acids is 1. The fourth-order valence-corrected chi connectivity index (χ4v) is 2.46. The first-order chi connectivity index (χ1) is 11.6. The van der Waals surface area contributed by atoms with Crippen molar-refractivity contribution in [2.24, 2.45) is 0 Å². The first-order valence-electron chi connectivity index (χ1n) is 7.08. The van der Waals surface area contributed by atoms with Crippen LogP contribution < -0.4 is 10.1 Å². The number of furan rings is 1. The van der Waals surface area contributed by atoms with Crippen molar-refractivity contribution >= 4 is 23.2 Å². The lowest BCUT2D eigenvalue weighted by Crippen LogP contribution is -2.10. The predicted octanol–water partition coefficient (Wildman–Crippen LogP) is 5.00. The Morgan fingerprint density at radius 1 is 1.17 bits per heavy atom. The van der Waals surface area contributed by atoms with Gasteiger partial charge in [-0.15, -0.1) is 0 Å². The van der Waals surface area contributed by atoms with Crippen LogP contribution in [-0.4, -0.2) is 13.0 Å². The van der Waals surface area contributed by atoms with Crippen LogP contribution in [0, 0.1) is 5.82 Å². The van der Waals surface area contributed by atoms with Gasteiger partial charge in [0.2, 0.25) is 0 Å². The number of halogens is 2. The van der Waals surface area contributed by atoms with Crippen LogP contribution in [0.3, 0.4) is 0 Å². The molecule has 0 aliphatic carbocycles. The zero-order valence-electron chi connectivity index (χ0n) is 12.7. The Bertz CT molecular complexity index is 891. The highest BCUT2D eigenvalue weighted by Gasteiger charge is 2.15. The van der Waals surface area contributed by atoms with Crippen molar-refractivity contribution in [3.8, 4) is 17.1 Å². The molecule has 3 aromatic rings. The number of hydrogen-bond donors (Lipinski definition) is 1. The van der Waals surface area contributed by atoms with Crippen LogP contribution in [0.2, 0.25) is 5.02 Å². The molecule has 24 heavy (non-hydrogen) atoms. The molecule has 6 heteroatoms. The van der Waals surface area contributed by atoms with Gasteiger partial charge in [0.1, 0.15) is 17.3 Å². The molecular formula is C18H13ClFNO3. The number of benzene rings is 2. The molecule has 0 unspecified atom stereocenters. The van der Waals surface area contributed by atoms with E-state index in [1.165, 1.54) is 19.2 Å². The largest absolute Gasteiger partial charge is 0.495 e. The van der Waals surface area contributed by atoms with Gasteiger partial charge in [0.15, 0.2) is 5.76 Å². The van der Waals surface area contributed by atoms with Crippen molar-refractivity contribution in [1.29, 1.82) is 0 Å². The van der Waals surface area contributed by atoms with Gasteiger partial charge in [-0.3, -0.25) is 4.79 Å². The topological polar surface area (TPSA) is 51.5 Å². The number of ether oxygens (including phenoxy) is 1. The SMILES string of the molecule is COc1ccc(NC(=O)c2ccc(-c3ccccc3F)o2)cc1Cl. The van der Waals surface area contributed by atoms with Crippen LogP contribution in [0.15, 0.2) is 59.0 Å². The summed E-state index contributed by atoms with van der Waals surface area (Å²) in [6.45, 7) is 0. The van der Waals surface area contributed by atoms with E-state index in [9.17, 15) is 9.18 Å². The summed E-state index contributed by atoms with van der Waals surface area (Å²) in [6.07, 6.45) is 0.